The molecule has 0 atom stereocenters. The van der Waals surface area contributed by atoms with Crippen molar-refractivity contribution in [3.8, 4) is 0 Å². The zero-order chi connectivity index (χ0) is 15.5. The second kappa shape index (κ2) is 7.38. The minimum Gasteiger partial charge on any atom is -0.333 e. The number of aromatic amines is 1. The first-order chi connectivity index (χ1) is 10.6. The molecule has 1 aromatic heterocycles. The van der Waals surface area contributed by atoms with Gasteiger partial charge in [0, 0.05) is 17.7 Å². The molecule has 3 aromatic rings. The maximum absolute atomic E-state index is 12.1. The summed E-state index contributed by atoms with van der Waals surface area (Å²) >= 11 is 1.31. The Balaban J connectivity index is 0.00000192. The third kappa shape index (κ3) is 3.96. The van der Waals surface area contributed by atoms with Crippen LogP contribution >= 0.6 is 28.7 Å². The summed E-state index contributed by atoms with van der Waals surface area (Å²) in [5.74, 6) is 0.123. The molecule has 0 unspecified atom stereocenters. The van der Waals surface area contributed by atoms with E-state index in [4.69, 9.17) is 0 Å². The van der Waals surface area contributed by atoms with Crippen molar-refractivity contribution in [3.05, 3.63) is 64.2 Å². The molecule has 2 aromatic carbocycles. The van der Waals surface area contributed by atoms with Crippen LogP contribution < -0.4 is 0 Å². The minimum atomic E-state index is -0.489. The summed E-state index contributed by atoms with van der Waals surface area (Å²) in [5.41, 5.74) is 2.20. The van der Waals surface area contributed by atoms with Gasteiger partial charge in [-0.25, -0.2) is 4.98 Å². The standard InChI is InChI=1S/C15H11N3O3S.BrH/c19-14(10-5-7-11(8-6-10)18(20)21)9-22-15-16-12-3-1-2-4-13(12)17-15;/h1-8H,9H2,(H,16,17);1H. The molecule has 0 saturated heterocycles. The third-order valence-corrected chi connectivity index (χ3v) is 3.98. The number of nitrogens with one attached hydrogen (secondary N) is 1. The molecular formula is C15H12BrN3O3S. The summed E-state index contributed by atoms with van der Waals surface area (Å²) in [7, 11) is 0. The van der Waals surface area contributed by atoms with E-state index in [9.17, 15) is 14.9 Å². The Bertz CT molecular complexity index is 816. The maximum atomic E-state index is 12.1. The fourth-order valence-electron chi connectivity index (χ4n) is 1.98. The van der Waals surface area contributed by atoms with Crippen molar-refractivity contribution < 1.29 is 9.72 Å². The molecule has 0 aliphatic rings. The van der Waals surface area contributed by atoms with E-state index in [1.807, 2.05) is 24.3 Å². The van der Waals surface area contributed by atoms with Gasteiger partial charge in [-0.15, -0.1) is 17.0 Å². The minimum absolute atomic E-state index is 0. The van der Waals surface area contributed by atoms with Gasteiger partial charge in [-0.3, -0.25) is 14.9 Å². The average molecular weight is 394 g/mol. The SMILES string of the molecule is Br.O=C(CSc1nc2ccccc2[nH]1)c1ccc([N+](=O)[O-])cc1. The van der Waals surface area contributed by atoms with Gasteiger partial charge in [-0.05, 0) is 24.3 Å². The highest BCUT2D eigenvalue weighted by molar-refractivity contribution is 8.93. The fourth-order valence-corrected chi connectivity index (χ4v) is 2.76. The number of carbonyl (C=O) groups excluding carboxylic acids is 1. The quantitative estimate of drug-likeness (QED) is 0.306. The normalized spacial score (nSPS) is 10.3. The van der Waals surface area contributed by atoms with Gasteiger partial charge in [0.2, 0.25) is 0 Å². The number of aromatic nitrogens is 2. The van der Waals surface area contributed by atoms with Crippen LogP contribution in [0.1, 0.15) is 10.4 Å². The molecule has 23 heavy (non-hydrogen) atoms. The Morgan fingerprint density at radius 2 is 1.87 bits per heavy atom. The molecule has 0 aliphatic heterocycles. The average Bonchev–Trinajstić information content (AvgIpc) is 2.95. The molecule has 118 valence electrons. The summed E-state index contributed by atoms with van der Waals surface area (Å²) in [5, 5.41) is 11.3. The van der Waals surface area contributed by atoms with Crippen LogP contribution in [-0.4, -0.2) is 26.4 Å². The smallest absolute Gasteiger partial charge is 0.269 e. The van der Waals surface area contributed by atoms with E-state index in [1.54, 1.807) is 0 Å². The van der Waals surface area contributed by atoms with Crippen LogP contribution in [0.5, 0.6) is 0 Å². The number of nitro groups is 1. The monoisotopic (exact) mass is 393 g/mol. The number of H-pyrrole nitrogens is 1. The van der Waals surface area contributed by atoms with Gasteiger partial charge in [-0.1, -0.05) is 23.9 Å². The van der Waals surface area contributed by atoms with Crippen molar-refractivity contribution in [1.82, 2.24) is 9.97 Å². The van der Waals surface area contributed by atoms with E-state index < -0.39 is 4.92 Å². The molecule has 0 aliphatic carbocycles. The molecule has 0 amide bonds. The van der Waals surface area contributed by atoms with Crippen LogP contribution in [-0.2, 0) is 0 Å². The first kappa shape index (κ1) is 17.2. The molecule has 0 bridgehead atoms. The lowest BCUT2D eigenvalue weighted by Gasteiger charge is -1.99. The molecule has 1 N–H and O–H groups in total. The van der Waals surface area contributed by atoms with Crippen LogP contribution in [0, 0.1) is 10.1 Å². The molecular weight excluding hydrogens is 382 g/mol. The Kier molecular flexibility index (Phi) is 5.51. The second-order valence-electron chi connectivity index (χ2n) is 4.57. The molecule has 0 radical (unpaired) electrons. The number of ketones is 1. The highest BCUT2D eigenvalue weighted by atomic mass is 79.9. The zero-order valence-corrected chi connectivity index (χ0v) is 14.3. The first-order valence-electron chi connectivity index (χ1n) is 6.49. The molecule has 0 saturated carbocycles. The topological polar surface area (TPSA) is 88.9 Å². The summed E-state index contributed by atoms with van der Waals surface area (Å²) in [4.78, 5) is 29.7. The van der Waals surface area contributed by atoms with Crippen molar-refractivity contribution >= 4 is 51.2 Å². The predicted octanol–water partition coefficient (Wildman–Crippen LogP) is 4.02. The van der Waals surface area contributed by atoms with Crippen molar-refractivity contribution in [2.75, 3.05) is 5.75 Å². The number of fused-ring (bicyclic) bond motifs is 1. The Morgan fingerprint density at radius 1 is 1.17 bits per heavy atom. The summed E-state index contributed by atoms with van der Waals surface area (Å²) in [6, 6.07) is 13.2. The number of nitro benzene ring substituents is 1. The number of thioether (sulfide) groups is 1. The number of imidazole rings is 1. The lowest BCUT2D eigenvalue weighted by molar-refractivity contribution is -0.384. The first-order valence-corrected chi connectivity index (χ1v) is 7.47. The lowest BCUT2D eigenvalue weighted by Crippen LogP contribution is -2.02. The molecule has 0 spiro atoms. The van der Waals surface area contributed by atoms with Crippen molar-refractivity contribution in [2.45, 2.75) is 5.16 Å². The highest BCUT2D eigenvalue weighted by Crippen LogP contribution is 2.21. The lowest BCUT2D eigenvalue weighted by atomic mass is 10.1. The van der Waals surface area contributed by atoms with E-state index in [1.165, 1.54) is 36.0 Å². The summed E-state index contributed by atoms with van der Waals surface area (Å²) in [6.07, 6.45) is 0. The van der Waals surface area contributed by atoms with Crippen molar-refractivity contribution in [2.24, 2.45) is 0 Å². The third-order valence-electron chi connectivity index (χ3n) is 3.11. The van der Waals surface area contributed by atoms with Gasteiger partial charge >= 0.3 is 0 Å². The molecule has 0 fully saturated rings. The fraction of sp³-hybridized carbons (Fsp3) is 0.0667. The number of hydrogen-bond donors (Lipinski definition) is 1. The van der Waals surface area contributed by atoms with E-state index in [-0.39, 0.29) is 34.2 Å². The molecule has 3 rings (SSSR count). The van der Waals surface area contributed by atoms with Crippen LogP contribution in [0.4, 0.5) is 5.69 Å². The van der Waals surface area contributed by atoms with Gasteiger partial charge in [0.15, 0.2) is 10.9 Å². The Labute approximate surface area is 146 Å². The number of hydrogen-bond acceptors (Lipinski definition) is 5. The summed E-state index contributed by atoms with van der Waals surface area (Å²) < 4.78 is 0. The van der Waals surface area contributed by atoms with Gasteiger partial charge < -0.3 is 4.98 Å². The predicted molar refractivity (Wildman–Crippen MR) is 94.6 cm³/mol. The van der Waals surface area contributed by atoms with Gasteiger partial charge in [0.05, 0.1) is 21.7 Å². The number of benzene rings is 2. The number of carbonyl (C=O) groups is 1. The molecule has 6 nitrogen and oxygen atoms in total. The summed E-state index contributed by atoms with van der Waals surface area (Å²) in [6.45, 7) is 0. The number of rotatable bonds is 5. The Morgan fingerprint density at radius 3 is 2.52 bits per heavy atom. The maximum Gasteiger partial charge on any atom is 0.269 e. The zero-order valence-electron chi connectivity index (χ0n) is 11.8. The van der Waals surface area contributed by atoms with Crippen LogP contribution in [0.15, 0.2) is 53.7 Å². The number of halogens is 1. The van der Waals surface area contributed by atoms with E-state index >= 15 is 0 Å². The molecule has 8 heteroatoms. The number of non-ortho nitro benzene ring substituents is 1. The Hall–Kier alpha value is -2.19. The van der Waals surface area contributed by atoms with Crippen molar-refractivity contribution in [1.29, 1.82) is 0 Å². The van der Waals surface area contributed by atoms with Crippen LogP contribution in [0.2, 0.25) is 0 Å². The largest absolute Gasteiger partial charge is 0.333 e. The van der Waals surface area contributed by atoms with Gasteiger partial charge in [-0.2, -0.15) is 0 Å². The van der Waals surface area contributed by atoms with Crippen LogP contribution in [0.3, 0.4) is 0 Å². The highest BCUT2D eigenvalue weighted by Gasteiger charge is 2.11. The van der Waals surface area contributed by atoms with E-state index in [0.29, 0.717) is 10.7 Å². The van der Waals surface area contributed by atoms with E-state index in [0.717, 1.165) is 11.0 Å². The number of nitrogens with zero attached hydrogens (tertiary/aromatic N) is 2. The van der Waals surface area contributed by atoms with Gasteiger partial charge in [0.1, 0.15) is 0 Å². The second-order valence-corrected chi connectivity index (χ2v) is 5.54. The van der Waals surface area contributed by atoms with Crippen LogP contribution in [0.25, 0.3) is 11.0 Å². The van der Waals surface area contributed by atoms with Crippen molar-refractivity contribution in [3.63, 3.8) is 0 Å². The number of para-hydroxylation sites is 2. The molecule has 1 heterocycles. The van der Waals surface area contributed by atoms with E-state index in [2.05, 4.69) is 9.97 Å². The van der Waals surface area contributed by atoms with Gasteiger partial charge in [0.25, 0.3) is 5.69 Å². The number of Topliss-reactive ketones (excluding diaryl/α,β-unsaturated/α-hetero) is 1.